The second kappa shape index (κ2) is 12.4. The molecule has 8 nitrogen and oxygen atoms in total. The van der Waals surface area contributed by atoms with Crippen LogP contribution in [0.15, 0.2) is 52.6 Å². The third-order valence-corrected chi connectivity index (χ3v) is 7.73. The van der Waals surface area contributed by atoms with Crippen LogP contribution in [0.3, 0.4) is 0 Å². The van der Waals surface area contributed by atoms with E-state index in [9.17, 15) is 15.0 Å². The number of fused-ring (bicyclic) bond motifs is 1. The van der Waals surface area contributed by atoms with E-state index in [2.05, 4.69) is 14.9 Å². The summed E-state index contributed by atoms with van der Waals surface area (Å²) in [5.74, 6) is 1.56. The molecule has 3 atom stereocenters. The van der Waals surface area contributed by atoms with Crippen molar-refractivity contribution in [3.63, 3.8) is 0 Å². The van der Waals surface area contributed by atoms with E-state index in [0.29, 0.717) is 29.9 Å². The van der Waals surface area contributed by atoms with Crippen LogP contribution in [0.5, 0.6) is 5.75 Å². The minimum absolute atomic E-state index is 0.178. The van der Waals surface area contributed by atoms with Crippen LogP contribution >= 0.6 is 11.8 Å². The quantitative estimate of drug-likeness (QED) is 0.344. The average molecular weight is 500 g/mol. The average Bonchev–Trinajstić information content (AvgIpc) is 3.39. The number of carbonyl (C=O) groups is 1. The van der Waals surface area contributed by atoms with Crippen molar-refractivity contribution in [2.75, 3.05) is 32.5 Å². The normalized spacial score (nSPS) is 19.6. The van der Waals surface area contributed by atoms with Crippen LogP contribution in [-0.2, 0) is 4.79 Å². The number of piperidine rings is 1. The maximum absolute atomic E-state index is 11.3. The molecule has 2 N–H and O–H groups in total. The standard InChI is InChI=1S/C26H33N3O5S/c1-33-20-4-5-23-22(16-20)21(8-10-27-23)24(30)6-2-18-9-12-29(17-19(18)3-7-25(31)32)13-15-35-26-28-11-14-34-26/h4-5,8,10-11,14,16,18-19,24,30H,2-3,6-7,9,12-13,15,17H2,1H3,(H,31,32)/t18-,19-,24-/m1/s1. The lowest BCUT2D eigenvalue weighted by molar-refractivity contribution is -0.137. The van der Waals surface area contributed by atoms with Crippen LogP contribution in [0.25, 0.3) is 10.9 Å². The summed E-state index contributed by atoms with van der Waals surface area (Å²) < 4.78 is 10.6. The Morgan fingerprint density at radius 3 is 2.91 bits per heavy atom. The number of aliphatic hydroxyl groups excluding tert-OH is 1. The van der Waals surface area contributed by atoms with Gasteiger partial charge in [-0.2, -0.15) is 0 Å². The molecule has 0 bridgehead atoms. The molecule has 1 aromatic carbocycles. The van der Waals surface area contributed by atoms with Crippen molar-refractivity contribution >= 4 is 28.6 Å². The first-order valence-corrected chi connectivity index (χ1v) is 13.1. The van der Waals surface area contributed by atoms with Gasteiger partial charge in [0.15, 0.2) is 0 Å². The zero-order chi connectivity index (χ0) is 24.6. The predicted molar refractivity (Wildman–Crippen MR) is 135 cm³/mol. The largest absolute Gasteiger partial charge is 0.497 e. The van der Waals surface area contributed by atoms with Crippen molar-refractivity contribution in [3.8, 4) is 5.75 Å². The van der Waals surface area contributed by atoms with Gasteiger partial charge in [0.2, 0.25) is 0 Å². The van der Waals surface area contributed by atoms with Gasteiger partial charge in [-0.15, -0.1) is 0 Å². The maximum atomic E-state index is 11.3. The van der Waals surface area contributed by atoms with Crippen LogP contribution in [0, 0.1) is 11.8 Å². The molecule has 0 aliphatic carbocycles. The molecule has 1 saturated heterocycles. The van der Waals surface area contributed by atoms with Crippen molar-refractivity contribution in [1.29, 1.82) is 0 Å². The molecule has 1 fully saturated rings. The highest BCUT2D eigenvalue weighted by molar-refractivity contribution is 7.99. The molecule has 3 aromatic rings. The number of benzene rings is 1. The summed E-state index contributed by atoms with van der Waals surface area (Å²) >= 11 is 1.60. The Bertz CT molecular complexity index is 1090. The fourth-order valence-corrected chi connectivity index (χ4v) is 5.79. The Balaban J connectivity index is 1.36. The number of aromatic nitrogens is 2. The van der Waals surface area contributed by atoms with Crippen molar-refractivity contribution in [2.24, 2.45) is 11.8 Å². The Kier molecular flexibility index (Phi) is 9.01. The second-order valence-electron chi connectivity index (χ2n) is 9.06. The predicted octanol–water partition coefficient (Wildman–Crippen LogP) is 4.64. The Morgan fingerprint density at radius 2 is 2.14 bits per heavy atom. The van der Waals surface area contributed by atoms with Gasteiger partial charge in [-0.25, -0.2) is 4.98 Å². The van der Waals surface area contributed by atoms with Gasteiger partial charge in [0.25, 0.3) is 5.22 Å². The number of ether oxygens (including phenoxy) is 1. The fraction of sp³-hybridized carbons (Fsp3) is 0.500. The number of pyridine rings is 1. The number of hydrogen-bond acceptors (Lipinski definition) is 8. The van der Waals surface area contributed by atoms with Crippen molar-refractivity contribution in [1.82, 2.24) is 14.9 Å². The van der Waals surface area contributed by atoms with Gasteiger partial charge in [0.1, 0.15) is 12.0 Å². The van der Waals surface area contributed by atoms with Gasteiger partial charge in [0.05, 0.1) is 24.9 Å². The highest BCUT2D eigenvalue weighted by Crippen LogP contribution is 2.35. The van der Waals surface area contributed by atoms with Crippen molar-refractivity contribution in [2.45, 2.75) is 43.4 Å². The number of carboxylic acids is 1. The number of aliphatic carboxylic acids is 1. The molecule has 0 saturated carbocycles. The van der Waals surface area contributed by atoms with E-state index in [0.717, 1.165) is 60.4 Å². The van der Waals surface area contributed by atoms with Gasteiger partial charge >= 0.3 is 5.97 Å². The van der Waals surface area contributed by atoms with E-state index in [1.165, 1.54) is 0 Å². The zero-order valence-corrected chi connectivity index (χ0v) is 20.8. The van der Waals surface area contributed by atoms with Gasteiger partial charge in [0, 0.05) is 36.8 Å². The topological polar surface area (TPSA) is 109 Å². The van der Waals surface area contributed by atoms with E-state index in [1.807, 2.05) is 24.3 Å². The van der Waals surface area contributed by atoms with Crippen molar-refractivity contribution in [3.05, 3.63) is 48.5 Å². The number of rotatable bonds is 12. The van der Waals surface area contributed by atoms with Crippen LogP contribution < -0.4 is 4.74 Å². The molecule has 9 heteroatoms. The molecule has 0 spiro atoms. The lowest BCUT2D eigenvalue weighted by Gasteiger charge is -2.39. The lowest BCUT2D eigenvalue weighted by atomic mass is 9.79. The van der Waals surface area contributed by atoms with Gasteiger partial charge < -0.3 is 24.3 Å². The number of thioether (sulfide) groups is 1. The number of hydrogen-bond donors (Lipinski definition) is 2. The SMILES string of the molecule is COc1ccc2nccc([C@H](O)CC[C@@H]3CCN(CCSc4ncco4)C[C@H]3CCC(=O)O)c2c1. The summed E-state index contributed by atoms with van der Waals surface area (Å²) in [5, 5.41) is 21.9. The summed E-state index contributed by atoms with van der Waals surface area (Å²) in [6, 6.07) is 7.58. The van der Waals surface area contributed by atoms with Gasteiger partial charge in [-0.3, -0.25) is 9.78 Å². The minimum atomic E-state index is -0.752. The molecule has 35 heavy (non-hydrogen) atoms. The zero-order valence-electron chi connectivity index (χ0n) is 20.0. The highest BCUT2D eigenvalue weighted by Gasteiger charge is 2.30. The minimum Gasteiger partial charge on any atom is -0.497 e. The van der Waals surface area contributed by atoms with E-state index in [1.54, 1.807) is 37.5 Å². The van der Waals surface area contributed by atoms with Crippen LogP contribution in [0.1, 0.15) is 43.8 Å². The van der Waals surface area contributed by atoms with E-state index in [-0.39, 0.29) is 6.42 Å². The molecule has 3 heterocycles. The van der Waals surface area contributed by atoms with Crippen LogP contribution in [0.2, 0.25) is 0 Å². The number of oxazole rings is 1. The number of aliphatic hydroxyl groups is 1. The van der Waals surface area contributed by atoms with Crippen LogP contribution in [0.4, 0.5) is 0 Å². The highest BCUT2D eigenvalue weighted by atomic mass is 32.2. The summed E-state index contributed by atoms with van der Waals surface area (Å²) in [6.07, 6.45) is 7.69. The monoisotopic (exact) mass is 499 g/mol. The summed E-state index contributed by atoms with van der Waals surface area (Å²) in [4.78, 5) is 22.2. The van der Waals surface area contributed by atoms with Gasteiger partial charge in [-0.1, -0.05) is 11.8 Å². The smallest absolute Gasteiger partial charge is 0.303 e. The Hall–Kier alpha value is -2.62. The number of likely N-dealkylation sites (tertiary alicyclic amines) is 1. The summed E-state index contributed by atoms with van der Waals surface area (Å²) in [6.45, 7) is 2.78. The molecule has 2 aromatic heterocycles. The Labute approximate surface area is 209 Å². The molecule has 1 aliphatic rings. The number of nitrogens with zero attached hydrogens (tertiary/aromatic N) is 3. The Morgan fingerprint density at radius 1 is 1.26 bits per heavy atom. The third kappa shape index (κ3) is 6.96. The maximum Gasteiger partial charge on any atom is 0.303 e. The molecular formula is C26H33N3O5S. The summed E-state index contributed by atoms with van der Waals surface area (Å²) in [7, 11) is 1.63. The van der Waals surface area contributed by atoms with Gasteiger partial charge in [-0.05, 0) is 73.9 Å². The second-order valence-corrected chi connectivity index (χ2v) is 10.1. The first-order valence-electron chi connectivity index (χ1n) is 12.1. The molecule has 4 rings (SSSR count). The number of methoxy groups -OCH3 is 1. The van der Waals surface area contributed by atoms with Crippen molar-refractivity contribution < 1.29 is 24.2 Å². The first-order chi connectivity index (χ1) is 17.0. The summed E-state index contributed by atoms with van der Waals surface area (Å²) in [5.41, 5.74) is 1.69. The van der Waals surface area contributed by atoms with Crippen LogP contribution in [-0.4, -0.2) is 63.5 Å². The van der Waals surface area contributed by atoms with E-state index < -0.39 is 12.1 Å². The van der Waals surface area contributed by atoms with E-state index >= 15 is 0 Å². The third-order valence-electron chi connectivity index (χ3n) is 6.90. The van der Waals surface area contributed by atoms with E-state index in [4.69, 9.17) is 9.15 Å². The number of carboxylic acid groups (broad SMARTS) is 1. The molecule has 0 unspecified atom stereocenters. The molecule has 1 aliphatic heterocycles. The first kappa shape index (κ1) is 25.5. The molecular weight excluding hydrogens is 466 g/mol. The molecule has 188 valence electrons. The molecule has 0 amide bonds. The molecule has 0 radical (unpaired) electrons. The lowest BCUT2D eigenvalue weighted by Crippen LogP contribution is -2.41. The fourth-order valence-electron chi connectivity index (χ4n) is 5.01.